The van der Waals surface area contributed by atoms with Crippen LogP contribution in [0.4, 0.5) is 10.1 Å². The third kappa shape index (κ3) is 3.86. The van der Waals surface area contributed by atoms with Gasteiger partial charge in [-0.2, -0.15) is 4.39 Å². The topological polar surface area (TPSA) is 55.2 Å². The van der Waals surface area contributed by atoms with Crippen LogP contribution in [0.5, 0.6) is 0 Å². The van der Waals surface area contributed by atoms with E-state index in [1.165, 1.54) is 6.07 Å². The molecule has 1 unspecified atom stereocenters. The summed E-state index contributed by atoms with van der Waals surface area (Å²) in [4.78, 5) is 9.99. The molecule has 2 rings (SSSR count). The standard InChI is InChI=1S/C15H14BrFN2O2/c1-10(11-5-7-13(16)8-6-11)18-9-12-3-2-4-14(15(12)17)19(20)21/h2-8,10,18H,9H2,1H3. The van der Waals surface area contributed by atoms with Gasteiger partial charge in [0.1, 0.15) is 0 Å². The van der Waals surface area contributed by atoms with Gasteiger partial charge in [0, 0.05) is 28.7 Å². The number of nitro groups is 1. The van der Waals surface area contributed by atoms with Gasteiger partial charge in [0.05, 0.1) is 4.92 Å². The molecule has 0 aromatic heterocycles. The molecular weight excluding hydrogens is 339 g/mol. The van der Waals surface area contributed by atoms with E-state index in [1.807, 2.05) is 31.2 Å². The predicted octanol–water partition coefficient (Wildman–Crippen LogP) is 4.35. The molecule has 0 radical (unpaired) electrons. The number of benzene rings is 2. The van der Waals surface area contributed by atoms with Crippen molar-refractivity contribution in [3.05, 3.63) is 74.0 Å². The van der Waals surface area contributed by atoms with Crippen LogP contribution >= 0.6 is 15.9 Å². The highest BCUT2D eigenvalue weighted by molar-refractivity contribution is 9.10. The van der Waals surface area contributed by atoms with Crippen molar-refractivity contribution in [1.82, 2.24) is 5.32 Å². The highest BCUT2D eigenvalue weighted by Gasteiger charge is 2.17. The lowest BCUT2D eigenvalue weighted by atomic mass is 10.1. The average molecular weight is 353 g/mol. The van der Waals surface area contributed by atoms with Gasteiger partial charge >= 0.3 is 5.69 Å². The Balaban J connectivity index is 2.08. The molecule has 0 amide bonds. The van der Waals surface area contributed by atoms with Crippen LogP contribution in [0.15, 0.2) is 46.9 Å². The summed E-state index contributed by atoms with van der Waals surface area (Å²) in [5.74, 6) is -0.780. The van der Waals surface area contributed by atoms with Crippen molar-refractivity contribution in [2.24, 2.45) is 0 Å². The second-order valence-electron chi connectivity index (χ2n) is 4.66. The molecule has 0 heterocycles. The van der Waals surface area contributed by atoms with E-state index in [2.05, 4.69) is 21.2 Å². The molecule has 6 heteroatoms. The quantitative estimate of drug-likeness (QED) is 0.642. The Bertz CT molecular complexity index is 647. The first kappa shape index (κ1) is 15.6. The van der Waals surface area contributed by atoms with Crippen LogP contribution in [0.1, 0.15) is 24.1 Å². The smallest absolute Gasteiger partial charge is 0.305 e. The summed E-state index contributed by atoms with van der Waals surface area (Å²) < 4.78 is 14.9. The van der Waals surface area contributed by atoms with Crippen molar-refractivity contribution >= 4 is 21.6 Å². The molecule has 2 aromatic rings. The first-order chi connectivity index (χ1) is 9.99. The van der Waals surface area contributed by atoms with E-state index in [4.69, 9.17) is 0 Å². The summed E-state index contributed by atoms with van der Waals surface area (Å²) in [6.45, 7) is 2.18. The number of hydrogen-bond donors (Lipinski definition) is 1. The molecule has 0 fully saturated rings. The molecule has 0 saturated carbocycles. The minimum atomic E-state index is -0.780. The number of hydrogen-bond acceptors (Lipinski definition) is 3. The van der Waals surface area contributed by atoms with Gasteiger partial charge in [0.2, 0.25) is 5.82 Å². The zero-order chi connectivity index (χ0) is 15.4. The second kappa shape index (κ2) is 6.78. The van der Waals surface area contributed by atoms with Crippen LogP contribution in [0.2, 0.25) is 0 Å². The maximum Gasteiger partial charge on any atom is 0.305 e. The van der Waals surface area contributed by atoms with Crippen LogP contribution in [0.3, 0.4) is 0 Å². The summed E-state index contributed by atoms with van der Waals surface area (Å²) in [6.07, 6.45) is 0. The van der Waals surface area contributed by atoms with E-state index >= 15 is 0 Å². The zero-order valence-corrected chi connectivity index (χ0v) is 12.9. The molecular formula is C15H14BrFN2O2. The van der Waals surface area contributed by atoms with E-state index in [0.29, 0.717) is 0 Å². The van der Waals surface area contributed by atoms with Gasteiger partial charge in [-0.1, -0.05) is 40.2 Å². The van der Waals surface area contributed by atoms with Crippen LogP contribution in [0, 0.1) is 15.9 Å². The lowest BCUT2D eigenvalue weighted by Gasteiger charge is -2.14. The maximum atomic E-state index is 13.9. The Morgan fingerprint density at radius 2 is 1.95 bits per heavy atom. The predicted molar refractivity (Wildman–Crippen MR) is 82.5 cm³/mol. The van der Waals surface area contributed by atoms with Crippen LogP contribution in [0.25, 0.3) is 0 Å². The van der Waals surface area contributed by atoms with Crippen molar-refractivity contribution in [1.29, 1.82) is 0 Å². The Hall–Kier alpha value is -1.79. The molecule has 110 valence electrons. The van der Waals surface area contributed by atoms with Crippen molar-refractivity contribution in [2.45, 2.75) is 19.5 Å². The summed E-state index contributed by atoms with van der Waals surface area (Å²) in [5.41, 5.74) is 0.850. The normalized spacial score (nSPS) is 12.1. The summed E-state index contributed by atoms with van der Waals surface area (Å²) >= 11 is 3.37. The molecule has 0 aliphatic carbocycles. The van der Waals surface area contributed by atoms with Gasteiger partial charge in [-0.25, -0.2) is 0 Å². The van der Waals surface area contributed by atoms with E-state index < -0.39 is 16.4 Å². The fourth-order valence-electron chi connectivity index (χ4n) is 1.98. The fraction of sp³-hybridized carbons (Fsp3) is 0.200. The SMILES string of the molecule is CC(NCc1cccc([N+](=O)[O-])c1F)c1ccc(Br)cc1. The van der Waals surface area contributed by atoms with Gasteiger partial charge in [-0.05, 0) is 24.6 Å². The number of rotatable bonds is 5. The maximum absolute atomic E-state index is 13.9. The Kier molecular flexibility index (Phi) is 5.03. The van der Waals surface area contributed by atoms with Gasteiger partial charge < -0.3 is 5.32 Å². The molecule has 0 spiro atoms. The fourth-order valence-corrected chi connectivity index (χ4v) is 2.24. The van der Waals surface area contributed by atoms with Crippen molar-refractivity contribution < 1.29 is 9.31 Å². The molecule has 1 atom stereocenters. The Morgan fingerprint density at radius 3 is 2.57 bits per heavy atom. The second-order valence-corrected chi connectivity index (χ2v) is 5.58. The van der Waals surface area contributed by atoms with E-state index in [1.54, 1.807) is 6.07 Å². The summed E-state index contributed by atoms with van der Waals surface area (Å²) in [6, 6.07) is 12.0. The van der Waals surface area contributed by atoms with Gasteiger partial charge in [-0.15, -0.1) is 0 Å². The minimum Gasteiger partial charge on any atom is -0.306 e. The number of nitrogens with zero attached hydrogens (tertiary/aromatic N) is 1. The zero-order valence-electron chi connectivity index (χ0n) is 11.3. The molecule has 0 aliphatic heterocycles. The Labute approximate surface area is 130 Å². The summed E-state index contributed by atoms with van der Waals surface area (Å²) in [7, 11) is 0. The van der Waals surface area contributed by atoms with E-state index in [0.717, 1.165) is 16.1 Å². The highest BCUT2D eigenvalue weighted by atomic mass is 79.9. The van der Waals surface area contributed by atoms with Crippen molar-refractivity contribution in [3.63, 3.8) is 0 Å². The molecule has 0 aliphatic rings. The number of nitro benzene ring substituents is 1. The van der Waals surface area contributed by atoms with Crippen LogP contribution < -0.4 is 5.32 Å². The Morgan fingerprint density at radius 1 is 1.29 bits per heavy atom. The largest absolute Gasteiger partial charge is 0.306 e. The van der Waals surface area contributed by atoms with Gasteiger partial charge in [-0.3, -0.25) is 10.1 Å². The number of nitrogens with one attached hydrogen (secondary N) is 1. The monoisotopic (exact) mass is 352 g/mol. The number of halogens is 2. The third-order valence-corrected chi connectivity index (χ3v) is 3.75. The minimum absolute atomic E-state index is 0.0109. The first-order valence-electron chi connectivity index (χ1n) is 6.39. The van der Waals surface area contributed by atoms with Gasteiger partial charge in [0.25, 0.3) is 0 Å². The average Bonchev–Trinajstić information content (AvgIpc) is 2.46. The van der Waals surface area contributed by atoms with Gasteiger partial charge in [0.15, 0.2) is 0 Å². The molecule has 0 saturated heterocycles. The highest BCUT2D eigenvalue weighted by Crippen LogP contribution is 2.21. The van der Waals surface area contributed by atoms with E-state index in [-0.39, 0.29) is 18.2 Å². The lowest BCUT2D eigenvalue weighted by Crippen LogP contribution is -2.19. The van der Waals surface area contributed by atoms with Crippen molar-refractivity contribution in [2.75, 3.05) is 0 Å². The third-order valence-electron chi connectivity index (χ3n) is 3.22. The molecule has 2 aromatic carbocycles. The molecule has 1 N–H and O–H groups in total. The van der Waals surface area contributed by atoms with Crippen LogP contribution in [-0.2, 0) is 6.54 Å². The lowest BCUT2D eigenvalue weighted by molar-refractivity contribution is -0.387. The van der Waals surface area contributed by atoms with E-state index in [9.17, 15) is 14.5 Å². The summed E-state index contributed by atoms with van der Waals surface area (Å²) in [5, 5.41) is 13.9. The molecule has 21 heavy (non-hydrogen) atoms. The molecule has 4 nitrogen and oxygen atoms in total. The van der Waals surface area contributed by atoms with Crippen LogP contribution in [-0.4, -0.2) is 4.92 Å². The first-order valence-corrected chi connectivity index (χ1v) is 7.19. The van der Waals surface area contributed by atoms with Crippen molar-refractivity contribution in [3.8, 4) is 0 Å². The molecule has 0 bridgehead atoms.